The number of amidine groups is 1. The molecule has 1 aromatic carbocycles. The van der Waals surface area contributed by atoms with Crippen LogP contribution in [0.2, 0.25) is 0 Å². The van der Waals surface area contributed by atoms with E-state index < -0.39 is 5.41 Å². The van der Waals surface area contributed by atoms with Gasteiger partial charge in [0.1, 0.15) is 5.41 Å². The van der Waals surface area contributed by atoms with Crippen LogP contribution in [0.3, 0.4) is 0 Å². The fourth-order valence-corrected chi connectivity index (χ4v) is 2.32. The minimum atomic E-state index is -0.852. The maximum Gasteiger partial charge on any atom is 0.238 e. The van der Waals surface area contributed by atoms with Crippen LogP contribution < -0.4 is 16.0 Å². The van der Waals surface area contributed by atoms with Crippen LogP contribution in [0.15, 0.2) is 29.4 Å². The van der Waals surface area contributed by atoms with Gasteiger partial charge in [-0.1, -0.05) is 11.6 Å². The fraction of sp³-hybridized carbons (Fsp3) is 0.429. The summed E-state index contributed by atoms with van der Waals surface area (Å²) in [4.78, 5) is 14.3. The van der Waals surface area contributed by atoms with E-state index in [0.29, 0.717) is 18.5 Å². The highest BCUT2D eigenvalue weighted by molar-refractivity contribution is 6.12. The molecule has 1 aliphatic rings. The Labute approximate surface area is 118 Å². The molecule has 20 heavy (non-hydrogen) atoms. The second kappa shape index (κ2) is 5.40. The van der Waals surface area contributed by atoms with Crippen LogP contribution in [-0.2, 0) is 4.79 Å². The van der Waals surface area contributed by atoms with E-state index in [2.05, 4.69) is 10.5 Å². The number of nitrogens with two attached hydrogens (primary N) is 1. The minimum absolute atomic E-state index is 0.00818. The number of carbonyl (C=O) groups excluding carboxylic acids is 1. The molecule has 0 spiro atoms. The molecule has 6 heteroatoms. The van der Waals surface area contributed by atoms with Crippen molar-refractivity contribution in [1.29, 1.82) is 0 Å². The van der Waals surface area contributed by atoms with Crippen LogP contribution in [0.1, 0.15) is 19.3 Å². The first-order valence-corrected chi connectivity index (χ1v) is 6.56. The Morgan fingerprint density at radius 3 is 2.35 bits per heavy atom. The van der Waals surface area contributed by atoms with E-state index in [0.717, 1.165) is 12.1 Å². The quantitative estimate of drug-likeness (QED) is 0.337. The zero-order valence-electron chi connectivity index (χ0n) is 11.8. The lowest BCUT2D eigenvalue weighted by Gasteiger charge is -2.38. The second-order valence-electron chi connectivity index (χ2n) is 5.32. The molecule has 0 heterocycles. The van der Waals surface area contributed by atoms with Crippen molar-refractivity contribution in [2.75, 3.05) is 24.3 Å². The van der Waals surface area contributed by atoms with Gasteiger partial charge in [0, 0.05) is 25.5 Å². The second-order valence-corrected chi connectivity index (χ2v) is 5.32. The molecule has 0 unspecified atom stereocenters. The van der Waals surface area contributed by atoms with Crippen molar-refractivity contribution in [2.24, 2.45) is 16.3 Å². The summed E-state index contributed by atoms with van der Waals surface area (Å²) in [5.74, 6) is -0.220. The number of nitrogens with one attached hydrogen (secondary N) is 1. The van der Waals surface area contributed by atoms with Gasteiger partial charge < -0.3 is 21.2 Å². The molecule has 4 N–H and O–H groups in total. The van der Waals surface area contributed by atoms with Gasteiger partial charge in [0.05, 0.1) is 0 Å². The molecular formula is C14H20N4O2. The first-order valence-electron chi connectivity index (χ1n) is 6.56. The van der Waals surface area contributed by atoms with Crippen LogP contribution in [0.25, 0.3) is 0 Å². The molecule has 6 nitrogen and oxygen atoms in total. The molecule has 1 amide bonds. The normalized spacial score (nSPS) is 17.2. The Kier molecular flexibility index (Phi) is 3.83. The molecular weight excluding hydrogens is 256 g/mol. The van der Waals surface area contributed by atoms with Crippen molar-refractivity contribution in [3.63, 3.8) is 0 Å². The molecule has 0 aliphatic heterocycles. The molecule has 1 saturated carbocycles. The third-order valence-corrected chi connectivity index (χ3v) is 3.88. The molecule has 0 saturated heterocycles. The van der Waals surface area contributed by atoms with Crippen molar-refractivity contribution in [3.05, 3.63) is 24.3 Å². The van der Waals surface area contributed by atoms with Crippen LogP contribution in [0.4, 0.5) is 11.4 Å². The fourth-order valence-electron chi connectivity index (χ4n) is 2.32. The predicted octanol–water partition coefficient (Wildman–Crippen LogP) is 1.61. The van der Waals surface area contributed by atoms with Gasteiger partial charge in [0.2, 0.25) is 5.91 Å². The summed E-state index contributed by atoms with van der Waals surface area (Å²) >= 11 is 0. The van der Waals surface area contributed by atoms with Gasteiger partial charge in [-0.25, -0.2) is 0 Å². The molecule has 0 radical (unpaired) electrons. The minimum Gasteiger partial charge on any atom is -0.409 e. The van der Waals surface area contributed by atoms with Crippen LogP contribution in [-0.4, -0.2) is 31.0 Å². The van der Waals surface area contributed by atoms with E-state index in [4.69, 9.17) is 10.9 Å². The van der Waals surface area contributed by atoms with E-state index >= 15 is 0 Å². The number of benzene rings is 1. The number of amides is 1. The third-order valence-electron chi connectivity index (χ3n) is 3.88. The van der Waals surface area contributed by atoms with Gasteiger partial charge in [-0.05, 0) is 37.1 Å². The number of hydrogen-bond donors (Lipinski definition) is 3. The lowest BCUT2D eigenvalue weighted by Crippen LogP contribution is -2.51. The first kappa shape index (κ1) is 14.2. The Hall–Kier alpha value is -2.24. The number of carbonyl (C=O) groups is 1. The van der Waals surface area contributed by atoms with Gasteiger partial charge in [0.25, 0.3) is 0 Å². The number of hydrogen-bond acceptors (Lipinski definition) is 4. The highest BCUT2D eigenvalue weighted by Gasteiger charge is 2.48. The number of rotatable bonds is 4. The summed E-state index contributed by atoms with van der Waals surface area (Å²) in [5, 5.41) is 14.7. The molecule has 0 aromatic heterocycles. The highest BCUT2D eigenvalue weighted by Crippen LogP contribution is 2.42. The third kappa shape index (κ3) is 2.41. The van der Waals surface area contributed by atoms with Gasteiger partial charge in [-0.3, -0.25) is 4.79 Å². The van der Waals surface area contributed by atoms with Crippen LogP contribution in [0, 0.1) is 5.41 Å². The molecule has 2 rings (SSSR count). The zero-order chi connectivity index (χ0) is 14.8. The first-order chi connectivity index (χ1) is 9.49. The standard InChI is InChI=1S/C14H20N4O2/c1-18(2)11-6-4-10(5-7-11)16-13(19)14(8-3-9-14)12(15)17-20/h4-7,20H,3,8-9H2,1-2H3,(H2,15,17)(H,16,19). The van der Waals surface area contributed by atoms with E-state index in [9.17, 15) is 4.79 Å². The average molecular weight is 276 g/mol. The summed E-state index contributed by atoms with van der Waals surface area (Å²) in [5.41, 5.74) is 6.57. The summed E-state index contributed by atoms with van der Waals surface area (Å²) in [6.45, 7) is 0. The molecule has 1 aromatic rings. The smallest absolute Gasteiger partial charge is 0.238 e. The lowest BCUT2D eigenvalue weighted by atomic mass is 9.67. The summed E-state index contributed by atoms with van der Waals surface area (Å²) in [6.07, 6.45) is 2.14. The maximum atomic E-state index is 12.3. The Morgan fingerprint density at radius 1 is 1.35 bits per heavy atom. The molecule has 1 aliphatic carbocycles. The Morgan fingerprint density at radius 2 is 1.95 bits per heavy atom. The zero-order valence-corrected chi connectivity index (χ0v) is 11.8. The molecule has 0 atom stereocenters. The number of nitrogens with zero attached hydrogens (tertiary/aromatic N) is 2. The molecule has 0 bridgehead atoms. The Bertz CT molecular complexity index is 518. The number of anilines is 2. The van der Waals surface area contributed by atoms with Crippen molar-refractivity contribution in [1.82, 2.24) is 0 Å². The molecule has 108 valence electrons. The highest BCUT2D eigenvalue weighted by atomic mass is 16.4. The van der Waals surface area contributed by atoms with Crippen LogP contribution >= 0.6 is 0 Å². The SMILES string of the molecule is CN(C)c1ccc(NC(=O)C2(/C(N)=N/O)CCC2)cc1. The predicted molar refractivity (Wildman–Crippen MR) is 79.1 cm³/mol. The monoisotopic (exact) mass is 276 g/mol. The summed E-state index contributed by atoms with van der Waals surface area (Å²) in [7, 11) is 3.91. The van der Waals surface area contributed by atoms with Crippen LogP contribution in [0.5, 0.6) is 0 Å². The van der Waals surface area contributed by atoms with Crippen molar-refractivity contribution >= 4 is 23.1 Å². The van der Waals surface area contributed by atoms with E-state index in [1.807, 2.05) is 43.3 Å². The van der Waals surface area contributed by atoms with Gasteiger partial charge >= 0.3 is 0 Å². The molecule has 1 fully saturated rings. The summed E-state index contributed by atoms with van der Waals surface area (Å²) in [6, 6.07) is 7.52. The average Bonchev–Trinajstić information content (AvgIpc) is 2.37. The van der Waals surface area contributed by atoms with Crippen molar-refractivity contribution in [2.45, 2.75) is 19.3 Å². The van der Waals surface area contributed by atoms with Gasteiger partial charge in [0.15, 0.2) is 5.84 Å². The van der Waals surface area contributed by atoms with E-state index in [1.54, 1.807) is 0 Å². The van der Waals surface area contributed by atoms with Gasteiger partial charge in [-0.15, -0.1) is 0 Å². The topological polar surface area (TPSA) is 91.0 Å². The van der Waals surface area contributed by atoms with Gasteiger partial charge in [-0.2, -0.15) is 0 Å². The van der Waals surface area contributed by atoms with Crippen molar-refractivity contribution < 1.29 is 10.0 Å². The summed E-state index contributed by atoms with van der Waals surface area (Å²) < 4.78 is 0. The van der Waals surface area contributed by atoms with Crippen molar-refractivity contribution in [3.8, 4) is 0 Å². The number of oxime groups is 1. The van der Waals surface area contributed by atoms with E-state index in [-0.39, 0.29) is 11.7 Å². The largest absolute Gasteiger partial charge is 0.409 e. The Balaban J connectivity index is 2.11. The lowest BCUT2D eigenvalue weighted by molar-refractivity contribution is -0.125. The van der Waals surface area contributed by atoms with E-state index in [1.165, 1.54) is 0 Å². The maximum absolute atomic E-state index is 12.3.